The van der Waals surface area contributed by atoms with Gasteiger partial charge in [0.15, 0.2) is 0 Å². The van der Waals surface area contributed by atoms with Crippen LogP contribution in [0.2, 0.25) is 5.02 Å². The first-order chi connectivity index (χ1) is 7.18. The molecule has 4 heteroatoms. The van der Waals surface area contributed by atoms with Crippen molar-refractivity contribution in [3.63, 3.8) is 0 Å². The summed E-state index contributed by atoms with van der Waals surface area (Å²) in [5.74, 6) is 0. The van der Waals surface area contributed by atoms with Gasteiger partial charge in [-0.2, -0.15) is 5.10 Å². The minimum absolute atomic E-state index is 0.774. The fourth-order valence-corrected chi connectivity index (χ4v) is 2.12. The molecule has 0 saturated carbocycles. The molecule has 1 fully saturated rings. The van der Waals surface area contributed by atoms with Gasteiger partial charge in [-0.3, -0.25) is 4.68 Å². The second kappa shape index (κ2) is 4.37. The second-order valence-electron chi connectivity index (χ2n) is 3.99. The minimum Gasteiger partial charge on any atom is -0.313 e. The Morgan fingerprint density at radius 3 is 2.87 bits per heavy atom. The average molecular weight is 226 g/mol. The monoisotopic (exact) mass is 225 g/mol. The first-order valence-electron chi connectivity index (χ1n) is 5.27. The van der Waals surface area contributed by atoms with E-state index in [2.05, 4.69) is 16.5 Å². The number of nitrogens with one attached hydrogen (secondary N) is 1. The van der Waals surface area contributed by atoms with E-state index in [9.17, 15) is 0 Å². The standard InChI is InChI=1S/C11H16ClN3/c1-8-11(12)10(15(2)14-8)6-9-4-3-5-13-7-9/h6,13H,3-5,7H2,1-2H3. The molecule has 1 aliphatic rings. The van der Waals surface area contributed by atoms with Crippen LogP contribution in [0.1, 0.15) is 24.2 Å². The van der Waals surface area contributed by atoms with Gasteiger partial charge in [-0.05, 0) is 32.4 Å². The predicted octanol–water partition coefficient (Wildman–Crippen LogP) is 2.15. The maximum absolute atomic E-state index is 6.18. The third-order valence-corrected chi connectivity index (χ3v) is 3.20. The van der Waals surface area contributed by atoms with E-state index in [1.165, 1.54) is 12.0 Å². The highest BCUT2D eigenvalue weighted by Gasteiger charge is 2.11. The lowest BCUT2D eigenvalue weighted by atomic mass is 10.1. The highest BCUT2D eigenvalue weighted by Crippen LogP contribution is 2.23. The van der Waals surface area contributed by atoms with Gasteiger partial charge in [-0.25, -0.2) is 0 Å². The highest BCUT2D eigenvalue weighted by molar-refractivity contribution is 6.32. The number of aryl methyl sites for hydroxylation is 2. The van der Waals surface area contributed by atoms with Crippen LogP contribution in [0.3, 0.4) is 0 Å². The predicted molar refractivity (Wildman–Crippen MR) is 63.0 cm³/mol. The second-order valence-corrected chi connectivity index (χ2v) is 4.37. The number of nitrogens with zero attached hydrogens (tertiary/aromatic N) is 2. The molecule has 0 radical (unpaired) electrons. The van der Waals surface area contributed by atoms with Gasteiger partial charge in [0.1, 0.15) is 0 Å². The van der Waals surface area contributed by atoms with E-state index in [0.717, 1.165) is 35.9 Å². The zero-order chi connectivity index (χ0) is 10.8. The Bertz CT molecular complexity index is 385. The Labute approximate surface area is 95.1 Å². The van der Waals surface area contributed by atoms with Crippen LogP contribution in [0.15, 0.2) is 5.57 Å². The van der Waals surface area contributed by atoms with Crippen LogP contribution in [0.25, 0.3) is 6.08 Å². The van der Waals surface area contributed by atoms with E-state index in [0.29, 0.717) is 0 Å². The zero-order valence-corrected chi connectivity index (χ0v) is 9.93. The molecule has 2 heterocycles. The molecule has 2 rings (SSSR count). The van der Waals surface area contributed by atoms with Crippen molar-refractivity contribution in [1.82, 2.24) is 15.1 Å². The molecule has 3 nitrogen and oxygen atoms in total. The molecule has 0 aromatic carbocycles. The molecule has 1 aliphatic heterocycles. The van der Waals surface area contributed by atoms with Crippen molar-refractivity contribution < 1.29 is 0 Å². The number of piperidine rings is 1. The van der Waals surface area contributed by atoms with E-state index < -0.39 is 0 Å². The molecule has 0 atom stereocenters. The van der Waals surface area contributed by atoms with Crippen LogP contribution in [0.4, 0.5) is 0 Å². The van der Waals surface area contributed by atoms with Gasteiger partial charge in [0, 0.05) is 13.6 Å². The summed E-state index contributed by atoms with van der Waals surface area (Å²) in [6.45, 7) is 4.03. The highest BCUT2D eigenvalue weighted by atomic mass is 35.5. The summed E-state index contributed by atoms with van der Waals surface area (Å²) in [6, 6.07) is 0. The molecule has 1 aromatic rings. The van der Waals surface area contributed by atoms with Crippen molar-refractivity contribution in [2.45, 2.75) is 19.8 Å². The van der Waals surface area contributed by atoms with Crippen LogP contribution < -0.4 is 5.32 Å². The summed E-state index contributed by atoms with van der Waals surface area (Å²) in [4.78, 5) is 0. The third-order valence-electron chi connectivity index (χ3n) is 2.74. The van der Waals surface area contributed by atoms with Crippen LogP contribution in [0, 0.1) is 6.92 Å². The number of aromatic nitrogens is 2. The molecule has 1 aromatic heterocycles. The fraction of sp³-hybridized carbons (Fsp3) is 0.545. The lowest BCUT2D eigenvalue weighted by molar-refractivity contribution is 0.612. The molecule has 0 bridgehead atoms. The van der Waals surface area contributed by atoms with Gasteiger partial charge >= 0.3 is 0 Å². The SMILES string of the molecule is Cc1nn(C)c(C=C2CCCNC2)c1Cl. The largest absolute Gasteiger partial charge is 0.313 e. The minimum atomic E-state index is 0.774. The van der Waals surface area contributed by atoms with E-state index in [-0.39, 0.29) is 0 Å². The van der Waals surface area contributed by atoms with Crippen LogP contribution >= 0.6 is 11.6 Å². The van der Waals surface area contributed by atoms with E-state index in [1.54, 1.807) is 0 Å². The summed E-state index contributed by atoms with van der Waals surface area (Å²) in [5, 5.41) is 8.43. The van der Waals surface area contributed by atoms with Crippen molar-refractivity contribution in [1.29, 1.82) is 0 Å². The maximum atomic E-state index is 6.18. The molecule has 0 aliphatic carbocycles. The molecule has 0 unspecified atom stereocenters. The number of hydrogen-bond donors (Lipinski definition) is 1. The Morgan fingerprint density at radius 1 is 1.53 bits per heavy atom. The molecule has 15 heavy (non-hydrogen) atoms. The number of halogens is 1. The smallest absolute Gasteiger partial charge is 0.0888 e. The van der Waals surface area contributed by atoms with E-state index in [4.69, 9.17) is 11.6 Å². The Kier molecular flexibility index (Phi) is 3.12. The van der Waals surface area contributed by atoms with Crippen molar-refractivity contribution in [3.05, 3.63) is 22.0 Å². The maximum Gasteiger partial charge on any atom is 0.0888 e. The molecule has 1 N–H and O–H groups in total. The summed E-state index contributed by atoms with van der Waals surface area (Å²) in [6.07, 6.45) is 4.53. The Balaban J connectivity index is 2.29. The normalized spacial score (nSPS) is 19.8. The van der Waals surface area contributed by atoms with Gasteiger partial charge < -0.3 is 5.32 Å². The lowest BCUT2D eigenvalue weighted by Gasteiger charge is -2.15. The topological polar surface area (TPSA) is 29.9 Å². The van der Waals surface area contributed by atoms with Crippen LogP contribution in [-0.2, 0) is 7.05 Å². The molecular formula is C11H16ClN3. The summed E-state index contributed by atoms with van der Waals surface area (Å²) in [5.41, 5.74) is 3.33. The molecular weight excluding hydrogens is 210 g/mol. The first-order valence-corrected chi connectivity index (χ1v) is 5.65. The Morgan fingerprint density at radius 2 is 2.33 bits per heavy atom. The van der Waals surface area contributed by atoms with Gasteiger partial charge in [0.25, 0.3) is 0 Å². The van der Waals surface area contributed by atoms with Crippen molar-refractivity contribution >= 4 is 17.7 Å². The average Bonchev–Trinajstić information content (AvgIpc) is 2.47. The van der Waals surface area contributed by atoms with E-state index >= 15 is 0 Å². The first kappa shape index (κ1) is 10.7. The van der Waals surface area contributed by atoms with Crippen molar-refractivity contribution in [3.8, 4) is 0 Å². The summed E-state index contributed by atoms with van der Waals surface area (Å²) >= 11 is 6.18. The number of rotatable bonds is 1. The van der Waals surface area contributed by atoms with Gasteiger partial charge in [0.2, 0.25) is 0 Å². The molecule has 82 valence electrons. The lowest BCUT2D eigenvalue weighted by Crippen LogP contribution is -2.23. The van der Waals surface area contributed by atoms with Crippen LogP contribution in [0.5, 0.6) is 0 Å². The summed E-state index contributed by atoms with van der Waals surface area (Å²) in [7, 11) is 1.93. The van der Waals surface area contributed by atoms with Gasteiger partial charge in [-0.1, -0.05) is 17.2 Å². The van der Waals surface area contributed by atoms with Gasteiger partial charge in [0.05, 0.1) is 16.4 Å². The Hall–Kier alpha value is -0.800. The quantitative estimate of drug-likeness (QED) is 0.794. The molecule has 0 spiro atoms. The van der Waals surface area contributed by atoms with E-state index in [1.807, 2.05) is 18.7 Å². The molecule has 1 saturated heterocycles. The number of hydrogen-bond acceptors (Lipinski definition) is 2. The van der Waals surface area contributed by atoms with Gasteiger partial charge in [-0.15, -0.1) is 0 Å². The third kappa shape index (κ3) is 2.24. The zero-order valence-electron chi connectivity index (χ0n) is 9.18. The summed E-state index contributed by atoms with van der Waals surface area (Å²) < 4.78 is 1.85. The van der Waals surface area contributed by atoms with Crippen LogP contribution in [-0.4, -0.2) is 22.9 Å². The van der Waals surface area contributed by atoms with Crippen molar-refractivity contribution in [2.24, 2.45) is 7.05 Å². The molecule has 0 amide bonds. The fourth-order valence-electron chi connectivity index (χ4n) is 1.90. The van der Waals surface area contributed by atoms with Crippen molar-refractivity contribution in [2.75, 3.05) is 13.1 Å².